The van der Waals surface area contributed by atoms with Crippen LogP contribution in [0.4, 0.5) is 0 Å². The molecule has 2 heterocycles. The van der Waals surface area contributed by atoms with Gasteiger partial charge in [0.2, 0.25) is 0 Å². The lowest BCUT2D eigenvalue weighted by Gasteiger charge is -2.37. The molecule has 1 aromatic heterocycles. The van der Waals surface area contributed by atoms with Crippen molar-refractivity contribution in [2.75, 3.05) is 19.6 Å². The molecular formula is C14H21ClN4O2. The molecule has 0 saturated carbocycles. The summed E-state index contributed by atoms with van der Waals surface area (Å²) in [6.07, 6.45) is 2.40. The second kappa shape index (κ2) is 6.25. The van der Waals surface area contributed by atoms with Crippen LogP contribution >= 0.6 is 11.6 Å². The number of amides is 1. The highest BCUT2D eigenvalue weighted by Gasteiger charge is 2.33. The normalized spacial score (nSPS) is 18.1. The Kier molecular flexibility index (Phi) is 4.81. The first kappa shape index (κ1) is 16.1. The first-order chi connectivity index (χ1) is 9.86. The third-order valence-electron chi connectivity index (χ3n) is 3.84. The molecule has 0 atom stereocenters. The maximum atomic E-state index is 12.5. The van der Waals surface area contributed by atoms with E-state index in [2.05, 4.69) is 9.97 Å². The van der Waals surface area contributed by atoms with E-state index in [1.807, 2.05) is 13.8 Å². The fourth-order valence-electron chi connectivity index (χ4n) is 2.29. The zero-order valence-corrected chi connectivity index (χ0v) is 13.1. The number of carbonyl (C=O) groups is 1. The van der Waals surface area contributed by atoms with Crippen LogP contribution in [0, 0.1) is 0 Å². The molecule has 116 valence electrons. The van der Waals surface area contributed by atoms with Crippen molar-refractivity contribution in [1.82, 2.24) is 14.9 Å². The van der Waals surface area contributed by atoms with Gasteiger partial charge in [-0.15, -0.1) is 0 Å². The number of aliphatic hydroxyl groups is 1. The number of nitrogens with two attached hydrogens (primary N) is 1. The van der Waals surface area contributed by atoms with E-state index < -0.39 is 5.60 Å². The maximum absolute atomic E-state index is 12.5. The van der Waals surface area contributed by atoms with Crippen LogP contribution in [0.3, 0.4) is 0 Å². The van der Waals surface area contributed by atoms with Gasteiger partial charge in [0.1, 0.15) is 5.82 Å². The molecule has 2 rings (SSSR count). The number of halogens is 1. The molecule has 1 fully saturated rings. The molecule has 0 unspecified atom stereocenters. The Morgan fingerprint density at radius 3 is 2.67 bits per heavy atom. The highest BCUT2D eigenvalue weighted by molar-refractivity contribution is 6.33. The van der Waals surface area contributed by atoms with Crippen molar-refractivity contribution in [1.29, 1.82) is 0 Å². The fourth-order valence-corrected chi connectivity index (χ4v) is 2.46. The molecule has 1 aromatic rings. The molecule has 7 heteroatoms. The van der Waals surface area contributed by atoms with Crippen LogP contribution in [0.15, 0.2) is 6.20 Å². The van der Waals surface area contributed by atoms with Gasteiger partial charge in [0.15, 0.2) is 5.69 Å². The van der Waals surface area contributed by atoms with E-state index in [9.17, 15) is 9.90 Å². The second-order valence-electron chi connectivity index (χ2n) is 5.80. The topological polar surface area (TPSA) is 92.3 Å². The third-order valence-corrected chi connectivity index (χ3v) is 4.12. The first-order valence-corrected chi connectivity index (χ1v) is 7.48. The van der Waals surface area contributed by atoms with Crippen molar-refractivity contribution < 1.29 is 9.90 Å². The Morgan fingerprint density at radius 2 is 2.14 bits per heavy atom. The van der Waals surface area contributed by atoms with E-state index in [0.29, 0.717) is 31.8 Å². The summed E-state index contributed by atoms with van der Waals surface area (Å²) in [5, 5.41) is 10.4. The van der Waals surface area contributed by atoms with Crippen LogP contribution in [0.5, 0.6) is 0 Å². The highest BCUT2D eigenvalue weighted by atomic mass is 35.5. The van der Waals surface area contributed by atoms with E-state index in [-0.39, 0.29) is 29.1 Å². The number of likely N-dealkylation sites (tertiary alicyclic amines) is 1. The van der Waals surface area contributed by atoms with Crippen molar-refractivity contribution in [2.24, 2.45) is 5.73 Å². The lowest BCUT2D eigenvalue weighted by atomic mass is 9.91. The van der Waals surface area contributed by atoms with Gasteiger partial charge in [-0.3, -0.25) is 4.79 Å². The van der Waals surface area contributed by atoms with Crippen LogP contribution in [-0.4, -0.2) is 51.1 Å². The second-order valence-corrected chi connectivity index (χ2v) is 6.21. The maximum Gasteiger partial charge on any atom is 0.274 e. The fraction of sp³-hybridized carbons (Fsp3) is 0.643. The summed E-state index contributed by atoms with van der Waals surface area (Å²) in [4.78, 5) is 22.6. The molecule has 0 aromatic carbocycles. The number of piperidine rings is 1. The molecule has 0 spiro atoms. The van der Waals surface area contributed by atoms with Gasteiger partial charge in [-0.05, 0) is 12.8 Å². The van der Waals surface area contributed by atoms with Crippen LogP contribution in [0.2, 0.25) is 5.02 Å². The lowest BCUT2D eigenvalue weighted by Crippen LogP contribution is -2.50. The monoisotopic (exact) mass is 312 g/mol. The summed E-state index contributed by atoms with van der Waals surface area (Å²) in [5.41, 5.74) is 4.92. The van der Waals surface area contributed by atoms with Gasteiger partial charge in [0.25, 0.3) is 5.91 Å². The van der Waals surface area contributed by atoms with Gasteiger partial charge >= 0.3 is 0 Å². The average Bonchev–Trinajstić information content (AvgIpc) is 2.47. The number of nitrogens with zero attached hydrogens (tertiary/aromatic N) is 3. The van der Waals surface area contributed by atoms with Gasteiger partial charge in [-0.1, -0.05) is 25.4 Å². The molecule has 1 saturated heterocycles. The molecule has 21 heavy (non-hydrogen) atoms. The summed E-state index contributed by atoms with van der Waals surface area (Å²) in [6, 6.07) is 0. The summed E-state index contributed by atoms with van der Waals surface area (Å²) in [7, 11) is 0. The van der Waals surface area contributed by atoms with Gasteiger partial charge in [0, 0.05) is 25.6 Å². The number of hydrogen-bond donors (Lipinski definition) is 2. The Morgan fingerprint density at radius 1 is 1.52 bits per heavy atom. The summed E-state index contributed by atoms with van der Waals surface area (Å²) >= 11 is 6.06. The van der Waals surface area contributed by atoms with E-state index in [4.69, 9.17) is 17.3 Å². The van der Waals surface area contributed by atoms with E-state index in [0.717, 1.165) is 0 Å². The molecule has 0 bridgehead atoms. The zero-order valence-electron chi connectivity index (χ0n) is 12.3. The van der Waals surface area contributed by atoms with Crippen molar-refractivity contribution >= 4 is 17.5 Å². The van der Waals surface area contributed by atoms with Gasteiger partial charge in [-0.25, -0.2) is 9.97 Å². The van der Waals surface area contributed by atoms with Crippen LogP contribution < -0.4 is 5.73 Å². The molecule has 6 nitrogen and oxygen atoms in total. The van der Waals surface area contributed by atoms with Gasteiger partial charge < -0.3 is 15.7 Å². The smallest absolute Gasteiger partial charge is 0.274 e. The molecule has 0 radical (unpaired) electrons. The minimum absolute atomic E-state index is 0.123. The predicted molar refractivity (Wildman–Crippen MR) is 80.3 cm³/mol. The summed E-state index contributed by atoms with van der Waals surface area (Å²) in [5.74, 6) is 0.499. The lowest BCUT2D eigenvalue weighted by molar-refractivity contribution is -0.00966. The van der Waals surface area contributed by atoms with Crippen LogP contribution in [-0.2, 0) is 0 Å². The quantitative estimate of drug-likeness (QED) is 0.874. The minimum Gasteiger partial charge on any atom is -0.388 e. The van der Waals surface area contributed by atoms with Crippen molar-refractivity contribution in [3.05, 3.63) is 22.7 Å². The molecule has 1 aliphatic rings. The number of rotatable bonds is 3. The standard InChI is InChI=1S/C14H21ClN4O2/c1-9(2)12-17-7-10(15)11(18-12)13(20)19-5-3-14(21,8-16)4-6-19/h7,9,21H,3-6,8,16H2,1-2H3. The van der Waals surface area contributed by atoms with Crippen LogP contribution in [0.25, 0.3) is 0 Å². The Bertz CT molecular complexity index is 528. The SMILES string of the molecule is CC(C)c1ncc(Cl)c(C(=O)N2CCC(O)(CN)CC2)n1. The minimum atomic E-state index is -0.866. The summed E-state index contributed by atoms with van der Waals surface area (Å²) in [6.45, 7) is 5.02. The Hall–Kier alpha value is -1.24. The van der Waals surface area contributed by atoms with E-state index in [1.54, 1.807) is 4.90 Å². The van der Waals surface area contributed by atoms with Gasteiger partial charge in [-0.2, -0.15) is 0 Å². The Balaban J connectivity index is 2.16. The number of carbonyl (C=O) groups excluding carboxylic acids is 1. The van der Waals surface area contributed by atoms with E-state index >= 15 is 0 Å². The number of hydrogen-bond acceptors (Lipinski definition) is 5. The van der Waals surface area contributed by atoms with Gasteiger partial charge in [0.05, 0.1) is 16.8 Å². The molecule has 3 N–H and O–H groups in total. The number of aromatic nitrogens is 2. The highest BCUT2D eigenvalue weighted by Crippen LogP contribution is 2.24. The largest absolute Gasteiger partial charge is 0.388 e. The van der Waals surface area contributed by atoms with Crippen molar-refractivity contribution in [3.63, 3.8) is 0 Å². The molecular weight excluding hydrogens is 292 g/mol. The van der Waals surface area contributed by atoms with Crippen LogP contribution in [0.1, 0.15) is 48.9 Å². The van der Waals surface area contributed by atoms with Crippen molar-refractivity contribution in [3.8, 4) is 0 Å². The predicted octanol–water partition coefficient (Wildman–Crippen LogP) is 1.18. The zero-order chi connectivity index (χ0) is 15.6. The third kappa shape index (κ3) is 3.51. The molecule has 0 aliphatic carbocycles. The average molecular weight is 313 g/mol. The van der Waals surface area contributed by atoms with Crippen molar-refractivity contribution in [2.45, 2.75) is 38.2 Å². The molecule has 1 aliphatic heterocycles. The Labute approximate surface area is 129 Å². The first-order valence-electron chi connectivity index (χ1n) is 7.10. The summed E-state index contributed by atoms with van der Waals surface area (Å²) < 4.78 is 0. The van der Waals surface area contributed by atoms with E-state index in [1.165, 1.54) is 6.20 Å². The molecule has 1 amide bonds.